The lowest BCUT2D eigenvalue weighted by Gasteiger charge is -2.10. The molecule has 0 saturated heterocycles. The highest BCUT2D eigenvalue weighted by atomic mass is 16.5. The van der Waals surface area contributed by atoms with Crippen LogP contribution in [0, 0.1) is 5.92 Å². The van der Waals surface area contributed by atoms with Crippen molar-refractivity contribution in [1.29, 1.82) is 0 Å². The minimum absolute atomic E-state index is 0.181. The van der Waals surface area contributed by atoms with Crippen molar-refractivity contribution in [3.05, 3.63) is 59.7 Å². The third-order valence-corrected chi connectivity index (χ3v) is 5.70. The van der Waals surface area contributed by atoms with Crippen molar-refractivity contribution in [2.75, 3.05) is 18.9 Å². The molecule has 0 amide bonds. The molecule has 0 aliphatic heterocycles. The molecular weight excluding hydrogens is 432 g/mol. The van der Waals surface area contributed by atoms with E-state index in [1.807, 2.05) is 45.0 Å². The van der Waals surface area contributed by atoms with Gasteiger partial charge in [-0.2, -0.15) is 0 Å². The van der Waals surface area contributed by atoms with E-state index in [1.54, 1.807) is 28.8 Å². The van der Waals surface area contributed by atoms with Gasteiger partial charge in [0.1, 0.15) is 16.9 Å². The Hall–Kier alpha value is -3.94. The number of carbonyl (C=O) groups is 2. The van der Waals surface area contributed by atoms with Gasteiger partial charge in [-0.25, -0.2) is 19.6 Å². The van der Waals surface area contributed by atoms with E-state index < -0.39 is 5.97 Å². The summed E-state index contributed by atoms with van der Waals surface area (Å²) >= 11 is 0. The summed E-state index contributed by atoms with van der Waals surface area (Å²) in [5, 5.41) is 0. The summed E-state index contributed by atoms with van der Waals surface area (Å²) in [6, 6.07) is 14.2. The molecule has 0 saturated carbocycles. The molecule has 2 heterocycles. The monoisotopic (exact) mass is 460 g/mol. The molecule has 8 heteroatoms. The van der Waals surface area contributed by atoms with Crippen molar-refractivity contribution in [3.63, 3.8) is 0 Å². The van der Waals surface area contributed by atoms with E-state index in [-0.39, 0.29) is 29.9 Å². The molecule has 0 bridgehead atoms. The highest BCUT2D eigenvalue weighted by molar-refractivity contribution is 6.09. The van der Waals surface area contributed by atoms with Gasteiger partial charge in [0.2, 0.25) is 0 Å². The Morgan fingerprint density at radius 1 is 0.971 bits per heavy atom. The first-order valence-electron chi connectivity index (χ1n) is 11.5. The fourth-order valence-electron chi connectivity index (χ4n) is 3.56. The summed E-state index contributed by atoms with van der Waals surface area (Å²) in [7, 11) is 0. The summed E-state index contributed by atoms with van der Waals surface area (Å²) < 4.78 is 12.4. The highest BCUT2D eigenvalue weighted by Gasteiger charge is 2.26. The maximum Gasteiger partial charge on any atom is 0.344 e. The molecule has 8 nitrogen and oxygen atoms in total. The van der Waals surface area contributed by atoms with Crippen molar-refractivity contribution in [1.82, 2.24) is 14.5 Å². The third kappa shape index (κ3) is 4.44. The van der Waals surface area contributed by atoms with Gasteiger partial charge >= 0.3 is 11.9 Å². The smallest absolute Gasteiger partial charge is 0.344 e. The maximum absolute atomic E-state index is 13.1. The highest BCUT2D eigenvalue weighted by Crippen LogP contribution is 2.31. The Kier molecular flexibility index (Phi) is 6.77. The Balaban J connectivity index is 1.83. The molecule has 2 N–H and O–H groups in total. The van der Waals surface area contributed by atoms with E-state index in [4.69, 9.17) is 25.2 Å². The fraction of sp³-hybridized carbons (Fsp3) is 0.308. The molecule has 2 aromatic heterocycles. The second kappa shape index (κ2) is 9.91. The number of aromatic nitrogens is 3. The Morgan fingerprint density at radius 2 is 1.65 bits per heavy atom. The number of hydrogen-bond donors (Lipinski definition) is 1. The van der Waals surface area contributed by atoms with Crippen LogP contribution >= 0.6 is 0 Å². The molecule has 0 aliphatic carbocycles. The van der Waals surface area contributed by atoms with Crippen LogP contribution in [0.25, 0.3) is 27.9 Å². The molecule has 2 aromatic carbocycles. The summed E-state index contributed by atoms with van der Waals surface area (Å²) in [5.74, 6) is -0.518. The first kappa shape index (κ1) is 23.2. The molecule has 0 spiro atoms. The lowest BCUT2D eigenvalue weighted by Crippen LogP contribution is -2.13. The zero-order valence-electron chi connectivity index (χ0n) is 19.6. The van der Waals surface area contributed by atoms with Crippen LogP contribution in [-0.4, -0.2) is 39.7 Å². The topological polar surface area (TPSA) is 109 Å². The number of esters is 2. The number of ether oxygens (including phenoxy) is 2. The summed E-state index contributed by atoms with van der Waals surface area (Å²) in [5.41, 5.74) is 9.89. The van der Waals surface area contributed by atoms with Crippen molar-refractivity contribution in [3.8, 4) is 5.69 Å². The number of anilines is 1. The second-order valence-corrected chi connectivity index (χ2v) is 8.27. The van der Waals surface area contributed by atoms with Gasteiger partial charge in [0, 0.05) is 5.69 Å². The summed E-state index contributed by atoms with van der Waals surface area (Å²) in [6.07, 6.45) is 1.64. The molecule has 4 rings (SSSR count). The number of hydrogen-bond acceptors (Lipinski definition) is 7. The predicted molar refractivity (Wildman–Crippen MR) is 131 cm³/mol. The molecule has 34 heavy (non-hydrogen) atoms. The number of nitrogens with zero attached hydrogens (tertiary/aromatic N) is 3. The summed E-state index contributed by atoms with van der Waals surface area (Å²) in [6.45, 7) is 6.64. The minimum atomic E-state index is -0.536. The average Bonchev–Trinajstić information content (AvgIpc) is 3.14. The van der Waals surface area contributed by atoms with Crippen LogP contribution in [-0.2, 0) is 9.47 Å². The summed E-state index contributed by atoms with van der Waals surface area (Å²) in [4.78, 5) is 34.7. The predicted octanol–water partition coefficient (Wildman–Crippen LogP) is 4.93. The Labute approximate surface area is 197 Å². The minimum Gasteiger partial charge on any atom is -0.462 e. The van der Waals surface area contributed by atoms with Gasteiger partial charge in [0.15, 0.2) is 5.65 Å². The van der Waals surface area contributed by atoms with Crippen LogP contribution in [0.4, 0.5) is 5.82 Å². The molecular formula is C26H28N4O4. The molecule has 176 valence electrons. The van der Waals surface area contributed by atoms with Gasteiger partial charge < -0.3 is 15.2 Å². The van der Waals surface area contributed by atoms with E-state index in [9.17, 15) is 9.59 Å². The number of fused-ring (bicyclic) bond motifs is 2. The van der Waals surface area contributed by atoms with Crippen LogP contribution in [0.15, 0.2) is 48.5 Å². The number of carbonyl (C=O) groups excluding carboxylic acids is 2. The Morgan fingerprint density at radius 3 is 2.29 bits per heavy atom. The molecule has 1 atom stereocenters. The van der Waals surface area contributed by atoms with Gasteiger partial charge in [0.25, 0.3) is 0 Å². The average molecular weight is 461 g/mol. The SMILES string of the molecule is CCCOC(=O)c1ccc(-n2c(N)c(C(=O)OC[C@@H](C)CC)c3nc4ccccc4nc32)cc1. The number of benzene rings is 2. The number of nitrogens with two attached hydrogens (primary N) is 1. The van der Waals surface area contributed by atoms with Gasteiger partial charge in [-0.3, -0.25) is 4.57 Å². The van der Waals surface area contributed by atoms with Gasteiger partial charge in [-0.05, 0) is 48.7 Å². The van der Waals surface area contributed by atoms with Crippen LogP contribution in [0.3, 0.4) is 0 Å². The lowest BCUT2D eigenvalue weighted by atomic mass is 10.1. The second-order valence-electron chi connectivity index (χ2n) is 8.27. The molecule has 0 aliphatic rings. The van der Waals surface area contributed by atoms with Crippen LogP contribution in [0.5, 0.6) is 0 Å². The number of nitrogen functional groups attached to an aromatic ring is 1. The van der Waals surface area contributed by atoms with E-state index in [0.717, 1.165) is 12.8 Å². The van der Waals surface area contributed by atoms with E-state index in [2.05, 4.69) is 0 Å². The lowest BCUT2D eigenvalue weighted by molar-refractivity contribution is 0.0449. The van der Waals surface area contributed by atoms with Crippen molar-refractivity contribution >= 4 is 40.0 Å². The van der Waals surface area contributed by atoms with Crippen LogP contribution < -0.4 is 5.73 Å². The fourth-order valence-corrected chi connectivity index (χ4v) is 3.56. The van der Waals surface area contributed by atoms with Crippen molar-refractivity contribution in [2.45, 2.75) is 33.6 Å². The largest absolute Gasteiger partial charge is 0.462 e. The van der Waals surface area contributed by atoms with E-state index in [0.29, 0.717) is 40.1 Å². The van der Waals surface area contributed by atoms with Crippen molar-refractivity contribution < 1.29 is 19.1 Å². The van der Waals surface area contributed by atoms with Crippen LogP contribution in [0.2, 0.25) is 0 Å². The van der Waals surface area contributed by atoms with Gasteiger partial charge in [-0.1, -0.05) is 39.3 Å². The van der Waals surface area contributed by atoms with Gasteiger partial charge in [0.05, 0.1) is 29.8 Å². The zero-order chi connectivity index (χ0) is 24.2. The normalized spacial score (nSPS) is 12.1. The standard InChI is InChI=1S/C26H28N4O4/c1-4-14-33-25(31)17-10-12-18(13-11-17)30-23(27)21(26(32)34-15-16(3)5-2)22-24(30)29-20-9-7-6-8-19(20)28-22/h6-13,16H,4-5,14-15,27H2,1-3H3/t16-/m0/s1. The first-order valence-corrected chi connectivity index (χ1v) is 11.5. The van der Waals surface area contributed by atoms with Crippen molar-refractivity contribution in [2.24, 2.45) is 5.92 Å². The van der Waals surface area contributed by atoms with Crippen LogP contribution in [0.1, 0.15) is 54.3 Å². The molecule has 0 unspecified atom stereocenters. The zero-order valence-corrected chi connectivity index (χ0v) is 19.6. The molecule has 0 radical (unpaired) electrons. The van der Waals surface area contributed by atoms with Gasteiger partial charge in [-0.15, -0.1) is 0 Å². The maximum atomic E-state index is 13.1. The molecule has 0 fully saturated rings. The van der Waals surface area contributed by atoms with E-state index in [1.165, 1.54) is 0 Å². The Bertz CT molecular complexity index is 1340. The first-order chi connectivity index (χ1) is 16.4. The quantitative estimate of drug-likeness (QED) is 0.371. The number of para-hydroxylation sites is 2. The third-order valence-electron chi connectivity index (χ3n) is 5.70. The molecule has 4 aromatic rings. The number of rotatable bonds is 8. The van der Waals surface area contributed by atoms with E-state index >= 15 is 0 Å².